The predicted octanol–water partition coefficient (Wildman–Crippen LogP) is 4.73. The van der Waals surface area contributed by atoms with Crippen LogP contribution < -0.4 is 0 Å². The normalized spacial score (nSPS) is 17.6. The Morgan fingerprint density at radius 3 is 2.55 bits per heavy atom. The molecule has 0 N–H and O–H groups in total. The van der Waals surface area contributed by atoms with Crippen molar-refractivity contribution in [3.63, 3.8) is 0 Å². The van der Waals surface area contributed by atoms with Crippen molar-refractivity contribution >= 4 is 5.97 Å². The lowest BCUT2D eigenvalue weighted by atomic mass is 9.82. The number of carbonyl (C=O) groups is 1. The van der Waals surface area contributed by atoms with Gasteiger partial charge in [-0.15, -0.1) is 0 Å². The molecule has 1 unspecified atom stereocenters. The third kappa shape index (κ3) is 4.66. The van der Waals surface area contributed by atoms with Crippen molar-refractivity contribution in [2.45, 2.75) is 58.5 Å². The topological polar surface area (TPSA) is 26.3 Å². The molecule has 0 saturated heterocycles. The van der Waals surface area contributed by atoms with E-state index in [-0.39, 0.29) is 11.9 Å². The number of ether oxygens (including phenoxy) is 1. The number of esters is 1. The highest BCUT2D eigenvalue weighted by atomic mass is 16.5. The summed E-state index contributed by atoms with van der Waals surface area (Å²) in [7, 11) is 0. The molecule has 0 aliphatic heterocycles. The van der Waals surface area contributed by atoms with Gasteiger partial charge in [-0.3, -0.25) is 4.79 Å². The molecule has 0 bridgehead atoms. The second-order valence-corrected chi connectivity index (χ2v) is 5.94. The molecule has 2 heteroatoms. The van der Waals surface area contributed by atoms with E-state index >= 15 is 0 Å². The Hall–Kier alpha value is -1.31. The maximum absolute atomic E-state index is 12.2. The van der Waals surface area contributed by atoms with Crippen LogP contribution in [-0.2, 0) is 16.1 Å². The summed E-state index contributed by atoms with van der Waals surface area (Å²) in [4.78, 5) is 12.2. The average Bonchev–Trinajstić information content (AvgIpc) is 2.52. The maximum Gasteiger partial charge on any atom is 0.309 e. The quantitative estimate of drug-likeness (QED) is 0.701. The molecule has 2 nitrogen and oxygen atoms in total. The molecule has 0 heterocycles. The molecular weight excluding hydrogens is 248 g/mol. The molecule has 0 radical (unpaired) electrons. The minimum atomic E-state index is -0.0121. The highest BCUT2D eigenvalue weighted by Crippen LogP contribution is 2.30. The summed E-state index contributed by atoms with van der Waals surface area (Å²) in [5.41, 5.74) is 1.06. The third-order valence-corrected chi connectivity index (χ3v) is 4.39. The standard InChI is InChI=1S/C18H26O2/c1-2-17(13-15-9-5-3-6-10-15)18(19)20-14-16-11-7-4-8-12-16/h4,7-8,11-12,15,17H,2-3,5-6,9-10,13-14H2,1H3. The molecule has 1 aromatic carbocycles. The number of rotatable bonds is 6. The second-order valence-electron chi connectivity index (χ2n) is 5.94. The Morgan fingerprint density at radius 1 is 1.20 bits per heavy atom. The fraction of sp³-hybridized carbons (Fsp3) is 0.611. The van der Waals surface area contributed by atoms with Crippen LogP contribution in [0.1, 0.15) is 57.4 Å². The molecule has 0 spiro atoms. The van der Waals surface area contributed by atoms with E-state index in [1.165, 1.54) is 32.1 Å². The van der Waals surface area contributed by atoms with Crippen molar-refractivity contribution in [1.29, 1.82) is 0 Å². The van der Waals surface area contributed by atoms with Crippen molar-refractivity contribution in [3.05, 3.63) is 35.9 Å². The first kappa shape index (κ1) is 15.1. The van der Waals surface area contributed by atoms with Gasteiger partial charge in [-0.2, -0.15) is 0 Å². The van der Waals surface area contributed by atoms with E-state index in [0.717, 1.165) is 24.3 Å². The van der Waals surface area contributed by atoms with Crippen LogP contribution in [0.2, 0.25) is 0 Å². The van der Waals surface area contributed by atoms with Crippen molar-refractivity contribution in [2.75, 3.05) is 0 Å². The largest absolute Gasteiger partial charge is 0.461 e. The lowest BCUT2D eigenvalue weighted by Gasteiger charge is -2.25. The number of hydrogen-bond acceptors (Lipinski definition) is 2. The molecule has 0 amide bonds. The SMILES string of the molecule is CCC(CC1CCCCC1)C(=O)OCc1ccccc1. The van der Waals surface area contributed by atoms with E-state index in [1.54, 1.807) is 0 Å². The summed E-state index contributed by atoms with van der Waals surface area (Å²) in [5.74, 6) is 0.807. The first-order valence-corrected chi connectivity index (χ1v) is 8.00. The van der Waals surface area contributed by atoms with Crippen molar-refractivity contribution in [2.24, 2.45) is 11.8 Å². The molecule has 1 saturated carbocycles. The zero-order valence-electron chi connectivity index (χ0n) is 12.5. The molecule has 1 atom stereocenters. The number of hydrogen-bond donors (Lipinski definition) is 0. The first-order chi connectivity index (χ1) is 9.79. The Labute approximate surface area is 122 Å². The summed E-state index contributed by atoms with van der Waals surface area (Å²) in [5, 5.41) is 0. The number of benzene rings is 1. The van der Waals surface area contributed by atoms with E-state index in [0.29, 0.717) is 6.61 Å². The molecule has 1 aliphatic rings. The maximum atomic E-state index is 12.2. The summed E-state index contributed by atoms with van der Waals surface area (Å²) >= 11 is 0. The minimum Gasteiger partial charge on any atom is -0.461 e. The van der Waals surface area contributed by atoms with Gasteiger partial charge < -0.3 is 4.74 Å². The van der Waals surface area contributed by atoms with E-state index in [2.05, 4.69) is 6.92 Å². The summed E-state index contributed by atoms with van der Waals surface area (Å²) in [6.45, 7) is 2.50. The van der Waals surface area contributed by atoms with Crippen LogP contribution in [0.15, 0.2) is 30.3 Å². The Kier molecular flexibility index (Phi) is 6.10. The van der Waals surface area contributed by atoms with Crippen LogP contribution in [-0.4, -0.2) is 5.97 Å². The van der Waals surface area contributed by atoms with Gasteiger partial charge in [-0.25, -0.2) is 0 Å². The number of carbonyl (C=O) groups excluding carboxylic acids is 1. The van der Waals surface area contributed by atoms with E-state index in [4.69, 9.17) is 4.74 Å². The fourth-order valence-electron chi connectivity index (χ4n) is 3.10. The minimum absolute atomic E-state index is 0.0121. The summed E-state index contributed by atoms with van der Waals surface area (Å²) in [6, 6.07) is 9.92. The molecule has 1 fully saturated rings. The van der Waals surface area contributed by atoms with Gasteiger partial charge in [-0.05, 0) is 24.3 Å². The van der Waals surface area contributed by atoms with Crippen LogP contribution >= 0.6 is 0 Å². The zero-order chi connectivity index (χ0) is 14.2. The fourth-order valence-corrected chi connectivity index (χ4v) is 3.10. The van der Waals surface area contributed by atoms with Crippen LogP contribution in [0, 0.1) is 11.8 Å². The van der Waals surface area contributed by atoms with Crippen LogP contribution in [0.5, 0.6) is 0 Å². The lowest BCUT2D eigenvalue weighted by molar-refractivity contribution is -0.150. The third-order valence-electron chi connectivity index (χ3n) is 4.39. The molecule has 2 rings (SSSR count). The van der Waals surface area contributed by atoms with Crippen LogP contribution in [0.4, 0.5) is 0 Å². The Bertz CT molecular complexity index is 393. The van der Waals surface area contributed by atoms with Crippen molar-refractivity contribution in [3.8, 4) is 0 Å². The van der Waals surface area contributed by atoms with E-state index in [1.807, 2.05) is 30.3 Å². The van der Waals surface area contributed by atoms with Gasteiger partial charge in [-0.1, -0.05) is 69.4 Å². The lowest BCUT2D eigenvalue weighted by Crippen LogP contribution is -2.21. The predicted molar refractivity (Wildman–Crippen MR) is 81.2 cm³/mol. The smallest absolute Gasteiger partial charge is 0.309 e. The Morgan fingerprint density at radius 2 is 1.90 bits per heavy atom. The molecule has 1 aliphatic carbocycles. The second kappa shape index (κ2) is 8.08. The molecule has 20 heavy (non-hydrogen) atoms. The van der Waals surface area contributed by atoms with Crippen molar-refractivity contribution < 1.29 is 9.53 Å². The van der Waals surface area contributed by atoms with E-state index < -0.39 is 0 Å². The van der Waals surface area contributed by atoms with Gasteiger partial charge >= 0.3 is 5.97 Å². The molecule has 1 aromatic rings. The summed E-state index contributed by atoms with van der Waals surface area (Å²) < 4.78 is 5.48. The average molecular weight is 274 g/mol. The first-order valence-electron chi connectivity index (χ1n) is 8.00. The molecule has 0 aromatic heterocycles. The monoisotopic (exact) mass is 274 g/mol. The Balaban J connectivity index is 1.79. The van der Waals surface area contributed by atoms with Crippen LogP contribution in [0.3, 0.4) is 0 Å². The van der Waals surface area contributed by atoms with Gasteiger partial charge in [0.2, 0.25) is 0 Å². The highest BCUT2D eigenvalue weighted by Gasteiger charge is 2.24. The summed E-state index contributed by atoms with van der Waals surface area (Å²) in [6.07, 6.45) is 8.53. The van der Waals surface area contributed by atoms with Gasteiger partial charge in [0.25, 0.3) is 0 Å². The zero-order valence-corrected chi connectivity index (χ0v) is 12.5. The molecule has 110 valence electrons. The van der Waals surface area contributed by atoms with Gasteiger partial charge in [0.05, 0.1) is 5.92 Å². The van der Waals surface area contributed by atoms with Crippen LogP contribution in [0.25, 0.3) is 0 Å². The highest BCUT2D eigenvalue weighted by molar-refractivity contribution is 5.72. The van der Waals surface area contributed by atoms with Gasteiger partial charge in [0, 0.05) is 0 Å². The molecular formula is C18H26O2. The van der Waals surface area contributed by atoms with Crippen molar-refractivity contribution in [1.82, 2.24) is 0 Å². The van der Waals surface area contributed by atoms with Gasteiger partial charge in [0.15, 0.2) is 0 Å². The van der Waals surface area contributed by atoms with Gasteiger partial charge in [0.1, 0.15) is 6.61 Å². The van der Waals surface area contributed by atoms with E-state index in [9.17, 15) is 4.79 Å².